The number of hydrogen-bond donors (Lipinski definition) is 0. The Morgan fingerprint density at radius 2 is 1.67 bits per heavy atom. The minimum Gasteiger partial charge on any atom is -0.414 e. The van der Waals surface area contributed by atoms with Crippen LogP contribution in [0.4, 0.5) is 0 Å². The van der Waals surface area contributed by atoms with E-state index in [2.05, 4.69) is 56.5 Å². The molecule has 1 aliphatic rings. The van der Waals surface area contributed by atoms with Crippen molar-refractivity contribution in [2.24, 2.45) is 0 Å². The average Bonchev–Trinajstić information content (AvgIpc) is 2.48. The lowest BCUT2D eigenvalue weighted by Crippen LogP contribution is -2.44. The first-order chi connectivity index (χ1) is 7.98. The van der Waals surface area contributed by atoms with Crippen LogP contribution in [0.1, 0.15) is 34.6 Å². The Hall–Kier alpha value is 0.827. The van der Waals surface area contributed by atoms with Crippen LogP contribution in [0, 0.1) is 0 Å². The first-order valence-electron chi connectivity index (χ1n) is 6.54. The molecular weight excluding hydrogens is 359 g/mol. The SMILES string of the molecule is CC1(C)O[C@H](CI)[C@@H](CO[Si](C)(C)C(C)(C)C)O1. The first kappa shape index (κ1) is 16.9. The van der Waals surface area contributed by atoms with E-state index >= 15 is 0 Å². The second-order valence-corrected chi connectivity index (χ2v) is 12.6. The molecule has 0 amide bonds. The molecule has 1 heterocycles. The number of hydrogen-bond acceptors (Lipinski definition) is 3. The number of ether oxygens (including phenoxy) is 2. The highest BCUT2D eigenvalue weighted by atomic mass is 127. The lowest BCUT2D eigenvalue weighted by molar-refractivity contribution is -0.147. The lowest BCUT2D eigenvalue weighted by Gasteiger charge is -2.37. The Labute approximate surface area is 126 Å². The molecule has 0 aromatic carbocycles. The van der Waals surface area contributed by atoms with Gasteiger partial charge in [0.15, 0.2) is 14.1 Å². The van der Waals surface area contributed by atoms with Gasteiger partial charge in [-0.05, 0) is 32.0 Å². The smallest absolute Gasteiger partial charge is 0.192 e. The van der Waals surface area contributed by atoms with E-state index < -0.39 is 14.1 Å². The zero-order chi connectivity index (χ0) is 14.2. The molecule has 1 aliphatic heterocycles. The molecule has 3 nitrogen and oxygen atoms in total. The van der Waals surface area contributed by atoms with Gasteiger partial charge in [0.2, 0.25) is 0 Å². The summed E-state index contributed by atoms with van der Waals surface area (Å²) in [5.74, 6) is -0.475. The number of halogens is 1. The molecule has 0 aromatic heterocycles. The molecule has 108 valence electrons. The molecule has 0 N–H and O–H groups in total. The van der Waals surface area contributed by atoms with Gasteiger partial charge in [0.1, 0.15) is 6.10 Å². The fourth-order valence-corrected chi connectivity index (χ4v) is 3.45. The van der Waals surface area contributed by atoms with Crippen LogP contribution in [-0.4, -0.2) is 37.3 Å². The van der Waals surface area contributed by atoms with E-state index in [-0.39, 0.29) is 17.2 Å². The van der Waals surface area contributed by atoms with E-state index in [4.69, 9.17) is 13.9 Å². The van der Waals surface area contributed by atoms with E-state index in [0.717, 1.165) is 4.43 Å². The van der Waals surface area contributed by atoms with Crippen molar-refractivity contribution in [1.82, 2.24) is 0 Å². The molecule has 0 spiro atoms. The monoisotopic (exact) mass is 386 g/mol. The standard InChI is InChI=1S/C13H27IO3Si/c1-12(2,3)18(6,7)15-9-11-10(8-14)16-13(4,5)17-11/h10-11H,8-9H2,1-7H3/t10-,11-/m1/s1. The Morgan fingerprint density at radius 3 is 2.11 bits per heavy atom. The zero-order valence-electron chi connectivity index (χ0n) is 12.7. The van der Waals surface area contributed by atoms with Crippen LogP contribution in [0.5, 0.6) is 0 Å². The summed E-state index contributed by atoms with van der Waals surface area (Å²) < 4.78 is 19.0. The quantitative estimate of drug-likeness (QED) is 0.416. The van der Waals surface area contributed by atoms with Crippen molar-refractivity contribution in [2.45, 2.75) is 70.7 Å². The van der Waals surface area contributed by atoms with Crippen LogP contribution in [0.3, 0.4) is 0 Å². The van der Waals surface area contributed by atoms with Gasteiger partial charge in [-0.25, -0.2) is 0 Å². The van der Waals surface area contributed by atoms with Gasteiger partial charge in [0.25, 0.3) is 0 Å². The highest BCUT2D eigenvalue weighted by Gasteiger charge is 2.43. The van der Waals surface area contributed by atoms with Gasteiger partial charge in [-0.3, -0.25) is 0 Å². The Kier molecular flexibility index (Phi) is 5.32. The van der Waals surface area contributed by atoms with Gasteiger partial charge in [0.05, 0.1) is 12.7 Å². The van der Waals surface area contributed by atoms with E-state index in [1.54, 1.807) is 0 Å². The van der Waals surface area contributed by atoms with Crippen LogP contribution in [0.2, 0.25) is 18.1 Å². The van der Waals surface area contributed by atoms with Gasteiger partial charge >= 0.3 is 0 Å². The minimum atomic E-state index is -1.70. The second kappa shape index (κ2) is 5.67. The summed E-state index contributed by atoms with van der Waals surface area (Å²) >= 11 is 2.35. The van der Waals surface area contributed by atoms with Crippen molar-refractivity contribution in [3.05, 3.63) is 0 Å². The third-order valence-electron chi connectivity index (χ3n) is 3.85. The highest BCUT2D eigenvalue weighted by Crippen LogP contribution is 2.37. The third kappa shape index (κ3) is 4.16. The maximum atomic E-state index is 6.23. The summed E-state index contributed by atoms with van der Waals surface area (Å²) in [5, 5.41) is 0.238. The van der Waals surface area contributed by atoms with Gasteiger partial charge in [-0.2, -0.15) is 0 Å². The van der Waals surface area contributed by atoms with Crippen LogP contribution in [0.15, 0.2) is 0 Å². The lowest BCUT2D eigenvalue weighted by atomic mass is 10.2. The summed E-state index contributed by atoms with van der Waals surface area (Å²) in [6.45, 7) is 15.9. The van der Waals surface area contributed by atoms with E-state index in [0.29, 0.717) is 6.61 Å². The van der Waals surface area contributed by atoms with E-state index in [1.165, 1.54) is 0 Å². The fraction of sp³-hybridized carbons (Fsp3) is 1.00. The van der Waals surface area contributed by atoms with Crippen LogP contribution in [0.25, 0.3) is 0 Å². The van der Waals surface area contributed by atoms with E-state index in [1.807, 2.05) is 13.8 Å². The Balaban J connectivity index is 2.58. The van der Waals surface area contributed by atoms with Crippen molar-refractivity contribution >= 4 is 30.9 Å². The van der Waals surface area contributed by atoms with Gasteiger partial charge < -0.3 is 13.9 Å². The molecule has 18 heavy (non-hydrogen) atoms. The molecule has 0 saturated carbocycles. The maximum Gasteiger partial charge on any atom is 0.192 e. The van der Waals surface area contributed by atoms with Gasteiger partial charge in [-0.15, -0.1) is 0 Å². The third-order valence-corrected chi connectivity index (χ3v) is 9.22. The van der Waals surface area contributed by atoms with Crippen molar-refractivity contribution in [3.8, 4) is 0 Å². The molecule has 0 unspecified atom stereocenters. The predicted molar refractivity (Wildman–Crippen MR) is 85.9 cm³/mol. The van der Waals surface area contributed by atoms with Crippen LogP contribution < -0.4 is 0 Å². The van der Waals surface area contributed by atoms with Crippen molar-refractivity contribution < 1.29 is 13.9 Å². The topological polar surface area (TPSA) is 27.7 Å². The maximum absolute atomic E-state index is 6.23. The molecule has 5 heteroatoms. The summed E-state index contributed by atoms with van der Waals surface area (Å²) in [7, 11) is -1.70. The van der Waals surface area contributed by atoms with Gasteiger partial charge in [-0.1, -0.05) is 43.4 Å². The minimum absolute atomic E-state index is 0.0611. The fourth-order valence-electron chi connectivity index (χ4n) is 1.69. The number of alkyl halides is 1. The second-order valence-electron chi connectivity index (χ2n) is 6.94. The Bertz CT molecular complexity index is 286. The Morgan fingerprint density at radius 1 is 1.17 bits per heavy atom. The van der Waals surface area contributed by atoms with Crippen molar-refractivity contribution in [3.63, 3.8) is 0 Å². The van der Waals surface area contributed by atoms with E-state index in [9.17, 15) is 0 Å². The normalized spacial score (nSPS) is 28.7. The van der Waals surface area contributed by atoms with Crippen molar-refractivity contribution in [2.75, 3.05) is 11.0 Å². The summed E-state index contributed by atoms with van der Waals surface area (Å²) in [6.07, 6.45) is 0.205. The summed E-state index contributed by atoms with van der Waals surface area (Å²) in [5.41, 5.74) is 0. The summed E-state index contributed by atoms with van der Waals surface area (Å²) in [4.78, 5) is 0. The largest absolute Gasteiger partial charge is 0.414 e. The molecule has 0 radical (unpaired) electrons. The van der Waals surface area contributed by atoms with Crippen LogP contribution >= 0.6 is 22.6 Å². The predicted octanol–water partition coefficient (Wildman–Crippen LogP) is 3.96. The van der Waals surface area contributed by atoms with Crippen molar-refractivity contribution in [1.29, 1.82) is 0 Å². The van der Waals surface area contributed by atoms with Crippen LogP contribution in [-0.2, 0) is 13.9 Å². The molecule has 1 saturated heterocycles. The zero-order valence-corrected chi connectivity index (χ0v) is 15.8. The van der Waals surface area contributed by atoms with Gasteiger partial charge in [0, 0.05) is 4.43 Å². The molecular formula is C13H27IO3Si. The summed E-state index contributed by atoms with van der Waals surface area (Å²) in [6, 6.07) is 0. The average molecular weight is 386 g/mol. The molecule has 0 aromatic rings. The molecule has 2 atom stereocenters. The number of rotatable bonds is 4. The molecule has 1 rings (SSSR count). The highest BCUT2D eigenvalue weighted by molar-refractivity contribution is 14.1. The first-order valence-corrected chi connectivity index (χ1v) is 11.0. The molecule has 0 aliphatic carbocycles. The molecule has 1 fully saturated rings. The molecule has 0 bridgehead atoms.